The summed E-state index contributed by atoms with van der Waals surface area (Å²) in [5, 5.41) is 2.84. The number of carbonyl (C=O) groups excluding carboxylic acids is 1. The fraction of sp³-hybridized carbons (Fsp3) is 0.538. The van der Waals surface area contributed by atoms with Crippen molar-refractivity contribution >= 4 is 21.8 Å². The Morgan fingerprint density at radius 3 is 2.89 bits per heavy atom. The summed E-state index contributed by atoms with van der Waals surface area (Å²) in [6, 6.07) is 5.28. The van der Waals surface area contributed by atoms with Crippen molar-refractivity contribution in [2.24, 2.45) is 0 Å². The molecule has 1 aromatic heterocycles. The molecule has 0 aromatic carbocycles. The molecule has 0 unspecified atom stereocenters. The van der Waals surface area contributed by atoms with Crippen LogP contribution in [0.5, 0.6) is 0 Å². The average Bonchev–Trinajstić information content (AvgIpc) is 2.33. The highest BCUT2D eigenvalue weighted by atomic mass is 79.9. The molecule has 0 atom stereocenters. The van der Waals surface area contributed by atoms with Crippen LogP contribution in [0.4, 0.5) is 0 Å². The minimum Gasteiger partial charge on any atom is -0.379 e. The van der Waals surface area contributed by atoms with Crippen LogP contribution in [0.25, 0.3) is 0 Å². The van der Waals surface area contributed by atoms with Crippen LogP contribution in [-0.4, -0.2) is 30.1 Å². The van der Waals surface area contributed by atoms with E-state index in [1.807, 2.05) is 13.8 Å². The van der Waals surface area contributed by atoms with Crippen LogP contribution in [0, 0.1) is 0 Å². The first kappa shape index (κ1) is 15.1. The molecule has 18 heavy (non-hydrogen) atoms. The van der Waals surface area contributed by atoms with Gasteiger partial charge in [-0.3, -0.25) is 4.79 Å². The molecule has 0 bridgehead atoms. The summed E-state index contributed by atoms with van der Waals surface area (Å²) in [6.07, 6.45) is 2.13. The second-order valence-electron chi connectivity index (χ2n) is 4.23. The van der Waals surface area contributed by atoms with Gasteiger partial charge >= 0.3 is 0 Å². The molecule has 0 saturated heterocycles. The maximum absolute atomic E-state index is 11.7. The minimum absolute atomic E-state index is 0.138. The van der Waals surface area contributed by atoms with Crippen LogP contribution in [0.3, 0.4) is 0 Å². The molecule has 1 heterocycles. The maximum Gasteiger partial charge on any atom is 0.269 e. The Balaban J connectivity index is 2.18. The maximum atomic E-state index is 11.7. The molecule has 0 fully saturated rings. The van der Waals surface area contributed by atoms with E-state index in [9.17, 15) is 4.79 Å². The zero-order valence-corrected chi connectivity index (χ0v) is 12.4. The van der Waals surface area contributed by atoms with Gasteiger partial charge in [0.15, 0.2) is 0 Å². The van der Waals surface area contributed by atoms with E-state index in [1.54, 1.807) is 18.2 Å². The molecular formula is C13H19BrN2O2. The van der Waals surface area contributed by atoms with E-state index in [2.05, 4.69) is 26.2 Å². The highest BCUT2D eigenvalue weighted by Crippen LogP contribution is 2.06. The third-order valence-corrected chi connectivity index (χ3v) is 2.70. The van der Waals surface area contributed by atoms with Gasteiger partial charge in [0.05, 0.1) is 6.10 Å². The third-order valence-electron chi connectivity index (χ3n) is 2.26. The fourth-order valence-electron chi connectivity index (χ4n) is 1.37. The van der Waals surface area contributed by atoms with Crippen molar-refractivity contribution in [1.29, 1.82) is 0 Å². The Morgan fingerprint density at radius 2 is 2.22 bits per heavy atom. The van der Waals surface area contributed by atoms with E-state index < -0.39 is 0 Å². The van der Waals surface area contributed by atoms with Crippen molar-refractivity contribution < 1.29 is 9.53 Å². The molecule has 0 aliphatic heterocycles. The standard InChI is InChI=1S/C13H19BrN2O2/c1-10(2)18-9-4-3-8-15-13(17)11-6-5-7-12(14)16-11/h5-7,10H,3-4,8-9H2,1-2H3,(H,15,17). The highest BCUT2D eigenvalue weighted by molar-refractivity contribution is 9.10. The normalized spacial score (nSPS) is 10.7. The fourth-order valence-corrected chi connectivity index (χ4v) is 1.72. The lowest BCUT2D eigenvalue weighted by Gasteiger charge is -2.07. The zero-order valence-electron chi connectivity index (χ0n) is 10.8. The Bertz CT molecular complexity index is 383. The molecular weight excluding hydrogens is 296 g/mol. The molecule has 0 radical (unpaired) electrons. The Labute approximate surface area is 116 Å². The van der Waals surface area contributed by atoms with Crippen LogP contribution in [0.2, 0.25) is 0 Å². The van der Waals surface area contributed by atoms with Gasteiger partial charge in [0.2, 0.25) is 0 Å². The van der Waals surface area contributed by atoms with E-state index in [0.717, 1.165) is 19.4 Å². The van der Waals surface area contributed by atoms with Gasteiger partial charge in [-0.25, -0.2) is 4.98 Å². The van der Waals surface area contributed by atoms with Gasteiger partial charge in [-0.2, -0.15) is 0 Å². The molecule has 0 aliphatic rings. The lowest BCUT2D eigenvalue weighted by atomic mass is 10.3. The molecule has 1 amide bonds. The number of hydrogen-bond donors (Lipinski definition) is 1. The van der Waals surface area contributed by atoms with E-state index in [0.29, 0.717) is 16.8 Å². The number of aromatic nitrogens is 1. The smallest absolute Gasteiger partial charge is 0.269 e. The number of ether oxygens (including phenoxy) is 1. The second kappa shape index (κ2) is 8.21. The summed E-state index contributed by atoms with van der Waals surface area (Å²) in [6.45, 7) is 5.42. The van der Waals surface area contributed by atoms with Gasteiger partial charge in [-0.05, 0) is 54.8 Å². The van der Waals surface area contributed by atoms with E-state index in [4.69, 9.17) is 4.74 Å². The monoisotopic (exact) mass is 314 g/mol. The predicted octanol–water partition coefficient (Wildman–Crippen LogP) is 2.78. The second-order valence-corrected chi connectivity index (χ2v) is 5.04. The lowest BCUT2D eigenvalue weighted by molar-refractivity contribution is 0.0754. The van der Waals surface area contributed by atoms with Gasteiger partial charge < -0.3 is 10.1 Å². The van der Waals surface area contributed by atoms with Crippen molar-refractivity contribution in [2.75, 3.05) is 13.2 Å². The number of rotatable bonds is 7. The highest BCUT2D eigenvalue weighted by Gasteiger charge is 2.06. The number of carbonyl (C=O) groups is 1. The van der Waals surface area contributed by atoms with Crippen molar-refractivity contribution in [3.05, 3.63) is 28.5 Å². The number of halogens is 1. The first-order chi connectivity index (χ1) is 8.59. The molecule has 1 rings (SSSR count). The number of hydrogen-bond acceptors (Lipinski definition) is 3. The molecule has 1 aromatic rings. The largest absolute Gasteiger partial charge is 0.379 e. The average molecular weight is 315 g/mol. The van der Waals surface area contributed by atoms with Crippen molar-refractivity contribution in [3.8, 4) is 0 Å². The van der Waals surface area contributed by atoms with Crippen LogP contribution in [0.1, 0.15) is 37.2 Å². The third kappa shape index (κ3) is 6.12. The number of nitrogens with zero attached hydrogens (tertiary/aromatic N) is 1. The summed E-state index contributed by atoms with van der Waals surface area (Å²) in [7, 11) is 0. The number of amides is 1. The molecule has 0 spiro atoms. The summed E-state index contributed by atoms with van der Waals surface area (Å²) >= 11 is 3.24. The Kier molecular flexibility index (Phi) is 6.90. The summed E-state index contributed by atoms with van der Waals surface area (Å²) in [5.74, 6) is -0.138. The Morgan fingerprint density at radius 1 is 1.44 bits per heavy atom. The number of unbranched alkanes of at least 4 members (excludes halogenated alkanes) is 1. The quantitative estimate of drug-likeness (QED) is 0.622. The molecule has 1 N–H and O–H groups in total. The molecule has 4 nitrogen and oxygen atoms in total. The number of nitrogens with one attached hydrogen (secondary N) is 1. The zero-order chi connectivity index (χ0) is 13.4. The molecule has 5 heteroatoms. The van der Waals surface area contributed by atoms with Crippen LogP contribution < -0.4 is 5.32 Å². The predicted molar refractivity (Wildman–Crippen MR) is 74.6 cm³/mol. The SMILES string of the molecule is CC(C)OCCCCNC(=O)c1cccc(Br)n1. The van der Waals surface area contributed by atoms with Gasteiger partial charge in [0.25, 0.3) is 5.91 Å². The van der Waals surface area contributed by atoms with Crippen LogP contribution in [-0.2, 0) is 4.74 Å². The molecule has 0 saturated carbocycles. The molecule has 100 valence electrons. The van der Waals surface area contributed by atoms with Crippen molar-refractivity contribution in [3.63, 3.8) is 0 Å². The van der Waals surface area contributed by atoms with Crippen molar-refractivity contribution in [2.45, 2.75) is 32.8 Å². The van der Waals surface area contributed by atoms with Crippen LogP contribution in [0.15, 0.2) is 22.8 Å². The first-order valence-electron chi connectivity index (χ1n) is 6.12. The summed E-state index contributed by atoms with van der Waals surface area (Å²) < 4.78 is 6.09. The lowest BCUT2D eigenvalue weighted by Crippen LogP contribution is -2.25. The summed E-state index contributed by atoms with van der Waals surface area (Å²) in [5.41, 5.74) is 0.433. The van der Waals surface area contributed by atoms with Crippen LogP contribution >= 0.6 is 15.9 Å². The van der Waals surface area contributed by atoms with Crippen molar-refractivity contribution in [1.82, 2.24) is 10.3 Å². The summed E-state index contributed by atoms with van der Waals surface area (Å²) in [4.78, 5) is 15.8. The van der Waals surface area contributed by atoms with Gasteiger partial charge in [0, 0.05) is 13.2 Å². The minimum atomic E-state index is -0.138. The first-order valence-corrected chi connectivity index (χ1v) is 6.91. The Hall–Kier alpha value is -0.940. The van der Waals surface area contributed by atoms with Gasteiger partial charge in [-0.1, -0.05) is 6.07 Å². The van der Waals surface area contributed by atoms with E-state index in [1.165, 1.54) is 0 Å². The topological polar surface area (TPSA) is 51.2 Å². The van der Waals surface area contributed by atoms with Gasteiger partial charge in [0.1, 0.15) is 10.3 Å². The van der Waals surface area contributed by atoms with E-state index >= 15 is 0 Å². The number of pyridine rings is 1. The molecule has 0 aliphatic carbocycles. The van der Waals surface area contributed by atoms with E-state index in [-0.39, 0.29) is 12.0 Å². The van der Waals surface area contributed by atoms with Gasteiger partial charge in [-0.15, -0.1) is 0 Å².